The van der Waals surface area contributed by atoms with Gasteiger partial charge in [-0.2, -0.15) is 5.10 Å². The van der Waals surface area contributed by atoms with Crippen molar-refractivity contribution in [3.63, 3.8) is 0 Å². The van der Waals surface area contributed by atoms with Gasteiger partial charge in [-0.05, 0) is 41.9 Å². The van der Waals surface area contributed by atoms with E-state index in [-0.39, 0.29) is 0 Å². The predicted molar refractivity (Wildman–Crippen MR) is 74.3 cm³/mol. The summed E-state index contributed by atoms with van der Waals surface area (Å²) in [5.41, 5.74) is 1.06. The van der Waals surface area contributed by atoms with Crippen LogP contribution >= 0.6 is 22.6 Å². The molecule has 0 amide bonds. The maximum Gasteiger partial charge on any atom is 0.101 e. The molecule has 1 aromatic heterocycles. The van der Waals surface area contributed by atoms with Crippen LogP contribution in [0.4, 0.5) is 0 Å². The summed E-state index contributed by atoms with van der Waals surface area (Å²) in [6.45, 7) is 10.2. The lowest BCUT2D eigenvalue weighted by atomic mass is 10.2. The van der Waals surface area contributed by atoms with E-state index in [1.54, 1.807) is 0 Å². The second-order valence-corrected chi connectivity index (χ2v) is 5.73. The highest BCUT2D eigenvalue weighted by Gasteiger charge is 2.09. The zero-order chi connectivity index (χ0) is 12.1. The number of nitrogens with zero attached hydrogens (tertiary/aromatic N) is 2. The van der Waals surface area contributed by atoms with Crippen LogP contribution in [0.5, 0.6) is 0 Å². The third-order valence-corrected chi connectivity index (χ3v) is 3.32. The van der Waals surface area contributed by atoms with Crippen molar-refractivity contribution in [1.29, 1.82) is 0 Å². The van der Waals surface area contributed by atoms with E-state index >= 15 is 0 Å². The molecule has 0 spiro atoms. The number of hydrogen-bond acceptors (Lipinski definition) is 2. The number of ether oxygens (including phenoxy) is 1. The monoisotopic (exact) mass is 336 g/mol. The van der Waals surface area contributed by atoms with Gasteiger partial charge in [-0.15, -0.1) is 0 Å². The van der Waals surface area contributed by atoms with Gasteiger partial charge in [-0.1, -0.05) is 20.8 Å². The largest absolute Gasteiger partial charge is 0.372 e. The third kappa shape index (κ3) is 4.41. The molecular formula is C12H21IN2O. The summed E-state index contributed by atoms with van der Waals surface area (Å²) in [6, 6.07) is 0. The molecule has 0 aromatic carbocycles. The van der Waals surface area contributed by atoms with Crippen molar-refractivity contribution in [2.75, 3.05) is 0 Å². The SMILES string of the molecule is CCC(C)OCc1nn(CC(C)C)cc1I. The average Bonchev–Trinajstić information content (AvgIpc) is 2.54. The van der Waals surface area contributed by atoms with E-state index in [9.17, 15) is 0 Å². The maximum absolute atomic E-state index is 5.70. The Morgan fingerprint density at radius 2 is 2.12 bits per heavy atom. The average molecular weight is 336 g/mol. The van der Waals surface area contributed by atoms with Crippen molar-refractivity contribution in [3.8, 4) is 0 Å². The summed E-state index contributed by atoms with van der Waals surface area (Å²) in [7, 11) is 0. The first-order valence-corrected chi connectivity index (χ1v) is 6.94. The van der Waals surface area contributed by atoms with E-state index in [1.807, 2.05) is 4.68 Å². The zero-order valence-corrected chi connectivity index (χ0v) is 12.7. The van der Waals surface area contributed by atoms with Crippen LogP contribution in [0.2, 0.25) is 0 Å². The Hall–Kier alpha value is -0.100. The topological polar surface area (TPSA) is 27.1 Å². The van der Waals surface area contributed by atoms with Crippen molar-refractivity contribution in [2.24, 2.45) is 5.92 Å². The standard InChI is InChI=1S/C12H21IN2O/c1-5-10(4)16-8-12-11(13)7-15(14-12)6-9(2)3/h7,9-10H,5-6,8H2,1-4H3. The first kappa shape index (κ1) is 14.0. The van der Waals surface area contributed by atoms with E-state index in [0.717, 1.165) is 18.7 Å². The van der Waals surface area contributed by atoms with Crippen LogP contribution in [-0.4, -0.2) is 15.9 Å². The minimum absolute atomic E-state index is 0.311. The molecule has 3 nitrogen and oxygen atoms in total. The van der Waals surface area contributed by atoms with Gasteiger partial charge in [0.05, 0.1) is 16.3 Å². The van der Waals surface area contributed by atoms with Gasteiger partial charge in [0.25, 0.3) is 0 Å². The second-order valence-electron chi connectivity index (χ2n) is 4.57. The Kier molecular flexibility index (Phi) is 5.75. The summed E-state index contributed by atoms with van der Waals surface area (Å²) in [6.07, 6.45) is 3.45. The first-order valence-electron chi connectivity index (χ1n) is 5.86. The summed E-state index contributed by atoms with van der Waals surface area (Å²) >= 11 is 2.32. The van der Waals surface area contributed by atoms with Crippen molar-refractivity contribution < 1.29 is 4.74 Å². The lowest BCUT2D eigenvalue weighted by Crippen LogP contribution is -2.08. The van der Waals surface area contributed by atoms with Gasteiger partial charge in [-0.3, -0.25) is 4.68 Å². The molecule has 92 valence electrons. The molecule has 1 unspecified atom stereocenters. The molecule has 1 heterocycles. The summed E-state index contributed by atoms with van der Waals surface area (Å²) in [5, 5.41) is 4.54. The van der Waals surface area contributed by atoms with E-state index in [2.05, 4.69) is 61.6 Å². The Morgan fingerprint density at radius 1 is 1.44 bits per heavy atom. The first-order chi connectivity index (χ1) is 7.52. The second kappa shape index (κ2) is 6.59. The molecule has 0 aliphatic rings. The van der Waals surface area contributed by atoms with Gasteiger partial charge in [0.2, 0.25) is 0 Å². The summed E-state index contributed by atoms with van der Waals surface area (Å²) < 4.78 is 8.91. The highest BCUT2D eigenvalue weighted by Crippen LogP contribution is 2.13. The molecule has 0 N–H and O–H groups in total. The highest BCUT2D eigenvalue weighted by molar-refractivity contribution is 14.1. The van der Waals surface area contributed by atoms with Crippen LogP contribution < -0.4 is 0 Å². The highest BCUT2D eigenvalue weighted by atomic mass is 127. The van der Waals surface area contributed by atoms with Gasteiger partial charge >= 0.3 is 0 Å². The smallest absolute Gasteiger partial charge is 0.101 e. The Morgan fingerprint density at radius 3 is 2.69 bits per heavy atom. The Bertz CT molecular complexity index is 323. The molecule has 4 heteroatoms. The molecular weight excluding hydrogens is 315 g/mol. The molecule has 1 aromatic rings. The van der Waals surface area contributed by atoms with Crippen LogP contribution in [0.3, 0.4) is 0 Å². The summed E-state index contributed by atoms with van der Waals surface area (Å²) in [5.74, 6) is 0.624. The molecule has 16 heavy (non-hydrogen) atoms. The molecule has 0 saturated carbocycles. The van der Waals surface area contributed by atoms with Gasteiger partial charge in [0.1, 0.15) is 5.69 Å². The maximum atomic E-state index is 5.70. The predicted octanol–water partition coefficient (Wildman–Crippen LogP) is 3.46. The molecule has 0 aliphatic carbocycles. The lowest BCUT2D eigenvalue weighted by Gasteiger charge is -2.09. The number of halogens is 1. The molecule has 0 bridgehead atoms. The number of aromatic nitrogens is 2. The van der Waals surface area contributed by atoms with Gasteiger partial charge in [0, 0.05) is 12.7 Å². The molecule has 0 aliphatic heterocycles. The van der Waals surface area contributed by atoms with Crippen molar-refractivity contribution in [2.45, 2.75) is 53.4 Å². The van der Waals surface area contributed by atoms with E-state index in [4.69, 9.17) is 4.74 Å². The molecule has 0 fully saturated rings. The minimum Gasteiger partial charge on any atom is -0.372 e. The fraction of sp³-hybridized carbons (Fsp3) is 0.750. The third-order valence-electron chi connectivity index (χ3n) is 2.42. The van der Waals surface area contributed by atoms with Gasteiger partial charge in [0.15, 0.2) is 0 Å². The fourth-order valence-electron chi connectivity index (χ4n) is 1.34. The van der Waals surface area contributed by atoms with Crippen LogP contribution in [0, 0.1) is 9.49 Å². The van der Waals surface area contributed by atoms with E-state index in [1.165, 1.54) is 3.57 Å². The molecule has 0 radical (unpaired) electrons. The minimum atomic E-state index is 0.311. The normalized spacial score (nSPS) is 13.4. The van der Waals surface area contributed by atoms with Gasteiger partial charge in [-0.25, -0.2) is 0 Å². The van der Waals surface area contributed by atoms with Crippen LogP contribution in [0.15, 0.2) is 6.20 Å². The zero-order valence-electron chi connectivity index (χ0n) is 10.5. The van der Waals surface area contributed by atoms with Crippen molar-refractivity contribution in [1.82, 2.24) is 9.78 Å². The summed E-state index contributed by atoms with van der Waals surface area (Å²) in [4.78, 5) is 0. The number of rotatable bonds is 6. The van der Waals surface area contributed by atoms with Crippen LogP contribution in [-0.2, 0) is 17.9 Å². The Labute approximate surface area is 112 Å². The van der Waals surface area contributed by atoms with Crippen molar-refractivity contribution >= 4 is 22.6 Å². The molecule has 0 saturated heterocycles. The van der Waals surface area contributed by atoms with Crippen LogP contribution in [0.25, 0.3) is 0 Å². The fourth-order valence-corrected chi connectivity index (χ4v) is 1.93. The lowest BCUT2D eigenvalue weighted by molar-refractivity contribution is 0.0482. The Balaban J connectivity index is 2.56. The number of hydrogen-bond donors (Lipinski definition) is 0. The molecule has 1 atom stereocenters. The van der Waals surface area contributed by atoms with E-state index in [0.29, 0.717) is 18.6 Å². The quantitative estimate of drug-likeness (QED) is 0.744. The van der Waals surface area contributed by atoms with E-state index < -0.39 is 0 Å². The molecule has 1 rings (SSSR count). The van der Waals surface area contributed by atoms with Crippen molar-refractivity contribution in [3.05, 3.63) is 15.5 Å². The van der Waals surface area contributed by atoms with Crippen LogP contribution in [0.1, 0.15) is 39.8 Å². The van der Waals surface area contributed by atoms with Gasteiger partial charge < -0.3 is 4.74 Å².